The number of aromatic nitrogens is 2. The topological polar surface area (TPSA) is 58.1 Å². The minimum atomic E-state index is -0.160. The molecule has 1 aliphatic rings. The molecule has 0 atom stereocenters. The van der Waals surface area contributed by atoms with Gasteiger partial charge in [0.2, 0.25) is 5.13 Å². The number of aryl methyl sites for hydroxylation is 1. The van der Waals surface area contributed by atoms with Crippen molar-refractivity contribution in [2.24, 2.45) is 0 Å². The molecule has 0 spiro atoms. The summed E-state index contributed by atoms with van der Waals surface area (Å²) in [5, 5.41) is 12.4. The number of piperidine rings is 1. The van der Waals surface area contributed by atoms with Gasteiger partial charge >= 0.3 is 0 Å². The molecule has 5 nitrogen and oxygen atoms in total. The Bertz CT molecular complexity index is 912. The van der Waals surface area contributed by atoms with Crippen LogP contribution in [0, 0.1) is 6.92 Å². The SMILES string of the molecule is Cc1ccc(-c2nnc(NC(=O)c3ccc(N4CCCCC4)cc3)s2)cc1. The van der Waals surface area contributed by atoms with Crippen LogP contribution in [0.1, 0.15) is 35.2 Å². The fourth-order valence-corrected chi connectivity index (χ4v) is 3.98. The van der Waals surface area contributed by atoms with Gasteiger partial charge in [0.1, 0.15) is 5.01 Å². The average molecular weight is 379 g/mol. The first-order valence-corrected chi connectivity index (χ1v) is 10.1. The number of carbonyl (C=O) groups excluding carboxylic acids is 1. The molecule has 138 valence electrons. The molecule has 27 heavy (non-hydrogen) atoms. The van der Waals surface area contributed by atoms with Gasteiger partial charge in [-0.25, -0.2) is 0 Å². The summed E-state index contributed by atoms with van der Waals surface area (Å²) >= 11 is 1.38. The van der Waals surface area contributed by atoms with E-state index < -0.39 is 0 Å². The van der Waals surface area contributed by atoms with Crippen LogP contribution >= 0.6 is 11.3 Å². The molecule has 2 heterocycles. The third-order valence-corrected chi connectivity index (χ3v) is 5.68. The van der Waals surface area contributed by atoms with Crippen LogP contribution in [0.2, 0.25) is 0 Å². The molecule has 1 saturated heterocycles. The van der Waals surface area contributed by atoms with Gasteiger partial charge in [-0.1, -0.05) is 41.2 Å². The molecule has 3 aromatic rings. The summed E-state index contributed by atoms with van der Waals surface area (Å²) in [5.74, 6) is -0.160. The maximum absolute atomic E-state index is 12.5. The van der Waals surface area contributed by atoms with Crippen LogP contribution in [0.4, 0.5) is 10.8 Å². The lowest BCUT2D eigenvalue weighted by Crippen LogP contribution is -2.29. The van der Waals surface area contributed by atoms with E-state index in [0.717, 1.165) is 23.7 Å². The minimum absolute atomic E-state index is 0.160. The van der Waals surface area contributed by atoms with Crippen molar-refractivity contribution in [3.63, 3.8) is 0 Å². The Balaban J connectivity index is 1.42. The van der Waals surface area contributed by atoms with Crippen molar-refractivity contribution in [2.75, 3.05) is 23.3 Å². The van der Waals surface area contributed by atoms with Gasteiger partial charge in [-0.3, -0.25) is 10.1 Å². The number of rotatable bonds is 4. The van der Waals surface area contributed by atoms with Crippen LogP contribution in [0.25, 0.3) is 10.6 Å². The Morgan fingerprint density at radius 2 is 1.67 bits per heavy atom. The second-order valence-corrected chi connectivity index (χ2v) is 7.80. The lowest BCUT2D eigenvalue weighted by molar-refractivity contribution is 0.102. The van der Waals surface area contributed by atoms with E-state index in [2.05, 4.69) is 20.4 Å². The number of amides is 1. The van der Waals surface area contributed by atoms with Crippen LogP contribution in [0.5, 0.6) is 0 Å². The van der Waals surface area contributed by atoms with Crippen molar-refractivity contribution in [1.82, 2.24) is 10.2 Å². The molecule has 1 N–H and O–H groups in total. The Morgan fingerprint density at radius 3 is 2.37 bits per heavy atom. The number of benzene rings is 2. The van der Waals surface area contributed by atoms with E-state index in [1.807, 2.05) is 55.5 Å². The fourth-order valence-electron chi connectivity index (χ4n) is 3.23. The molecular weight excluding hydrogens is 356 g/mol. The van der Waals surface area contributed by atoms with Crippen molar-refractivity contribution in [3.8, 4) is 10.6 Å². The zero-order chi connectivity index (χ0) is 18.6. The highest BCUT2D eigenvalue weighted by atomic mass is 32.1. The van der Waals surface area contributed by atoms with E-state index in [9.17, 15) is 4.79 Å². The third kappa shape index (κ3) is 4.17. The first-order chi connectivity index (χ1) is 13.2. The molecule has 4 rings (SSSR count). The highest BCUT2D eigenvalue weighted by Gasteiger charge is 2.14. The molecule has 0 radical (unpaired) electrons. The second kappa shape index (κ2) is 7.88. The van der Waals surface area contributed by atoms with Crippen molar-refractivity contribution in [3.05, 3.63) is 59.7 Å². The normalized spacial score (nSPS) is 14.2. The molecular formula is C21H22N4OS. The van der Waals surface area contributed by atoms with E-state index in [0.29, 0.717) is 10.7 Å². The summed E-state index contributed by atoms with van der Waals surface area (Å²) in [6.45, 7) is 4.24. The number of nitrogens with zero attached hydrogens (tertiary/aromatic N) is 3. The van der Waals surface area contributed by atoms with E-state index in [4.69, 9.17) is 0 Å². The van der Waals surface area contributed by atoms with Crippen LogP contribution < -0.4 is 10.2 Å². The molecule has 2 aromatic carbocycles. The fraction of sp³-hybridized carbons (Fsp3) is 0.286. The van der Waals surface area contributed by atoms with E-state index >= 15 is 0 Å². The largest absolute Gasteiger partial charge is 0.372 e. The Hall–Kier alpha value is -2.73. The molecule has 1 aromatic heterocycles. The maximum Gasteiger partial charge on any atom is 0.257 e. The molecule has 1 aliphatic heterocycles. The third-order valence-electron chi connectivity index (χ3n) is 4.79. The van der Waals surface area contributed by atoms with Gasteiger partial charge in [0.05, 0.1) is 0 Å². The number of hydrogen-bond donors (Lipinski definition) is 1. The van der Waals surface area contributed by atoms with Crippen LogP contribution in [-0.4, -0.2) is 29.2 Å². The van der Waals surface area contributed by atoms with Gasteiger partial charge in [-0.15, -0.1) is 10.2 Å². The molecule has 1 amide bonds. The summed E-state index contributed by atoms with van der Waals surface area (Å²) in [6, 6.07) is 15.9. The predicted octanol–water partition coefficient (Wildman–Crippen LogP) is 4.76. The van der Waals surface area contributed by atoms with Gasteiger partial charge in [0, 0.05) is 29.9 Å². The molecule has 0 saturated carbocycles. The molecule has 0 bridgehead atoms. The van der Waals surface area contributed by atoms with Crippen molar-refractivity contribution >= 4 is 28.1 Å². The number of nitrogens with one attached hydrogen (secondary N) is 1. The number of hydrogen-bond acceptors (Lipinski definition) is 5. The summed E-state index contributed by atoms with van der Waals surface area (Å²) in [5.41, 5.74) is 4.01. The summed E-state index contributed by atoms with van der Waals surface area (Å²) in [7, 11) is 0. The molecule has 1 fully saturated rings. The molecule has 0 aliphatic carbocycles. The smallest absolute Gasteiger partial charge is 0.257 e. The van der Waals surface area contributed by atoms with Crippen LogP contribution in [0.15, 0.2) is 48.5 Å². The first kappa shape index (κ1) is 17.7. The lowest BCUT2D eigenvalue weighted by Gasteiger charge is -2.28. The number of carbonyl (C=O) groups is 1. The lowest BCUT2D eigenvalue weighted by atomic mass is 10.1. The summed E-state index contributed by atoms with van der Waals surface area (Å²) < 4.78 is 0. The molecule has 6 heteroatoms. The maximum atomic E-state index is 12.5. The Labute approximate surface area is 163 Å². The Kier molecular flexibility index (Phi) is 5.16. The first-order valence-electron chi connectivity index (χ1n) is 9.26. The van der Waals surface area contributed by atoms with Crippen molar-refractivity contribution in [1.29, 1.82) is 0 Å². The highest BCUT2D eigenvalue weighted by Crippen LogP contribution is 2.27. The van der Waals surface area contributed by atoms with Crippen LogP contribution in [-0.2, 0) is 0 Å². The highest BCUT2D eigenvalue weighted by molar-refractivity contribution is 7.18. The van der Waals surface area contributed by atoms with Crippen LogP contribution in [0.3, 0.4) is 0 Å². The Morgan fingerprint density at radius 1 is 0.963 bits per heavy atom. The zero-order valence-corrected chi connectivity index (χ0v) is 16.1. The van der Waals surface area contributed by atoms with Crippen molar-refractivity contribution in [2.45, 2.75) is 26.2 Å². The van der Waals surface area contributed by atoms with Gasteiger partial charge in [0.25, 0.3) is 5.91 Å². The quantitative estimate of drug-likeness (QED) is 0.711. The predicted molar refractivity (Wildman–Crippen MR) is 111 cm³/mol. The second-order valence-electron chi connectivity index (χ2n) is 6.83. The average Bonchev–Trinajstić information content (AvgIpc) is 3.18. The number of anilines is 2. The van der Waals surface area contributed by atoms with E-state index in [-0.39, 0.29) is 5.91 Å². The van der Waals surface area contributed by atoms with Gasteiger partial charge < -0.3 is 4.90 Å². The van der Waals surface area contributed by atoms with Gasteiger partial charge in [-0.05, 0) is 50.5 Å². The minimum Gasteiger partial charge on any atom is -0.372 e. The van der Waals surface area contributed by atoms with Gasteiger partial charge in [-0.2, -0.15) is 0 Å². The summed E-state index contributed by atoms with van der Waals surface area (Å²) in [6.07, 6.45) is 3.79. The van der Waals surface area contributed by atoms with E-state index in [1.54, 1.807) is 0 Å². The summed E-state index contributed by atoms with van der Waals surface area (Å²) in [4.78, 5) is 14.9. The van der Waals surface area contributed by atoms with Crippen molar-refractivity contribution < 1.29 is 4.79 Å². The zero-order valence-electron chi connectivity index (χ0n) is 15.3. The standard InChI is InChI=1S/C21H22N4OS/c1-15-5-7-17(8-6-15)20-23-24-21(27-20)22-19(26)16-9-11-18(12-10-16)25-13-3-2-4-14-25/h5-12H,2-4,13-14H2,1H3,(H,22,24,26). The monoisotopic (exact) mass is 378 g/mol. The molecule has 0 unspecified atom stereocenters. The van der Waals surface area contributed by atoms with Gasteiger partial charge in [0.15, 0.2) is 0 Å². The van der Waals surface area contributed by atoms with E-state index in [1.165, 1.54) is 41.9 Å².